The lowest BCUT2D eigenvalue weighted by Crippen LogP contribution is -1.94. The Morgan fingerprint density at radius 1 is 1.33 bits per heavy atom. The highest BCUT2D eigenvalue weighted by molar-refractivity contribution is 5.85. The number of hydrogen-bond acceptors (Lipinski definition) is 2. The first-order valence-electron chi connectivity index (χ1n) is 1.94. The zero-order valence-corrected chi connectivity index (χ0v) is 6.21. The van der Waals surface area contributed by atoms with E-state index in [4.69, 9.17) is 5.73 Å². The van der Waals surface area contributed by atoms with Gasteiger partial charge in [-0.25, -0.2) is 0 Å². The number of nitrogens with two attached hydrogens (primary N) is 1. The van der Waals surface area contributed by atoms with Crippen molar-refractivity contribution in [3.63, 3.8) is 0 Å². The van der Waals surface area contributed by atoms with Crippen LogP contribution in [0, 0.1) is 0 Å². The highest BCUT2D eigenvalue weighted by Gasteiger charge is 1.81. The molecule has 0 unspecified atom stereocenters. The van der Waals surface area contributed by atoms with Gasteiger partial charge in [-0.1, -0.05) is 25.8 Å². The van der Waals surface area contributed by atoms with Gasteiger partial charge in [0.15, 0.2) is 0 Å². The molecule has 0 bridgehead atoms. The Morgan fingerprint density at radius 3 is 1.67 bits per heavy atom. The number of rotatable bonds is 2. The maximum atomic E-state index is 5.18. The molecule has 2 nitrogen and oxygen atoms in total. The summed E-state index contributed by atoms with van der Waals surface area (Å²) in [6.45, 7) is 10.4. The fourth-order valence-electron chi connectivity index (χ4n) is 0.131. The first kappa shape index (κ1) is 15.7. The van der Waals surface area contributed by atoms with Gasteiger partial charge < -0.3 is 11.9 Å². The first-order chi connectivity index (χ1) is 3.18. The summed E-state index contributed by atoms with van der Waals surface area (Å²) in [6, 6.07) is 0. The molecule has 9 heavy (non-hydrogen) atoms. The Bertz CT molecular complexity index is 118. The van der Waals surface area contributed by atoms with E-state index >= 15 is 0 Å². The Labute approximate surface area is 62.1 Å². The second-order valence-electron chi connectivity index (χ2n) is 1.25. The molecule has 0 fully saturated rings. The van der Waals surface area contributed by atoms with Crippen LogP contribution in [0.2, 0.25) is 0 Å². The number of halogens is 1. The summed E-state index contributed by atoms with van der Waals surface area (Å²) in [4.78, 5) is 0. The zero-order chi connectivity index (χ0) is 5.86. The minimum atomic E-state index is 0. The summed E-state index contributed by atoms with van der Waals surface area (Å²) in [7, 11) is 0. The molecule has 0 saturated heterocycles. The SMILES string of the molecule is C=CC(=C)C(=C)N.Cl.N. The van der Waals surface area contributed by atoms with Gasteiger partial charge >= 0.3 is 0 Å². The molecule has 0 aliphatic carbocycles. The predicted octanol–water partition coefficient (Wildman–Crippen LogP) is 1.78. The Kier molecular flexibility index (Phi) is 12.7. The van der Waals surface area contributed by atoms with Gasteiger partial charge in [-0.05, 0) is 5.57 Å². The molecule has 0 atom stereocenters. The normalized spacial score (nSPS) is 5.78. The van der Waals surface area contributed by atoms with Crippen molar-refractivity contribution < 1.29 is 0 Å². The Morgan fingerprint density at radius 2 is 1.67 bits per heavy atom. The van der Waals surface area contributed by atoms with E-state index in [9.17, 15) is 0 Å². The fraction of sp³-hybridized carbons (Fsp3) is 0. The van der Waals surface area contributed by atoms with Crippen LogP contribution < -0.4 is 11.9 Å². The smallest absolute Gasteiger partial charge is 0.0308 e. The molecule has 0 saturated carbocycles. The lowest BCUT2D eigenvalue weighted by atomic mass is 10.2. The highest BCUT2D eigenvalue weighted by atomic mass is 35.5. The Hall–Kier alpha value is -0.730. The largest absolute Gasteiger partial charge is 0.399 e. The van der Waals surface area contributed by atoms with Crippen molar-refractivity contribution in [2.45, 2.75) is 0 Å². The lowest BCUT2D eigenvalue weighted by molar-refractivity contribution is 1.39. The van der Waals surface area contributed by atoms with E-state index < -0.39 is 0 Å². The molecular weight excluding hydrogens is 136 g/mol. The van der Waals surface area contributed by atoms with Crippen LogP contribution in [0.4, 0.5) is 0 Å². The number of hydrogen-bond donors (Lipinski definition) is 2. The van der Waals surface area contributed by atoms with Crippen LogP contribution in [0.3, 0.4) is 0 Å². The van der Waals surface area contributed by atoms with Gasteiger partial charge in [0.25, 0.3) is 0 Å². The van der Waals surface area contributed by atoms with Crippen molar-refractivity contribution in [1.82, 2.24) is 6.15 Å². The second kappa shape index (κ2) is 7.27. The van der Waals surface area contributed by atoms with Crippen LogP contribution >= 0.6 is 12.4 Å². The van der Waals surface area contributed by atoms with Gasteiger partial charge in [0, 0.05) is 5.70 Å². The van der Waals surface area contributed by atoms with E-state index in [1.807, 2.05) is 0 Å². The van der Waals surface area contributed by atoms with Crippen LogP contribution in [0.15, 0.2) is 37.1 Å². The average Bonchev–Trinajstić information content (AvgIpc) is 1.65. The minimum Gasteiger partial charge on any atom is -0.399 e. The van der Waals surface area contributed by atoms with Crippen LogP contribution in [0.5, 0.6) is 0 Å². The molecule has 0 rings (SSSR count). The summed E-state index contributed by atoms with van der Waals surface area (Å²) in [5, 5.41) is 0. The van der Waals surface area contributed by atoms with Gasteiger partial charge in [-0.2, -0.15) is 0 Å². The minimum absolute atomic E-state index is 0. The molecular formula is C6H13ClN2. The third-order valence-corrected chi connectivity index (χ3v) is 0.659. The van der Waals surface area contributed by atoms with Crippen LogP contribution in [0.25, 0.3) is 0 Å². The van der Waals surface area contributed by atoms with Crippen molar-refractivity contribution in [3.8, 4) is 0 Å². The average molecular weight is 149 g/mol. The topological polar surface area (TPSA) is 61.0 Å². The van der Waals surface area contributed by atoms with E-state index in [0.717, 1.165) is 0 Å². The molecule has 5 N–H and O–H groups in total. The molecule has 0 aromatic rings. The van der Waals surface area contributed by atoms with Crippen molar-refractivity contribution >= 4 is 12.4 Å². The molecule has 0 aromatic heterocycles. The third kappa shape index (κ3) is 7.27. The summed E-state index contributed by atoms with van der Waals surface area (Å²) in [5.74, 6) is 0. The van der Waals surface area contributed by atoms with Gasteiger partial charge in [0.05, 0.1) is 0 Å². The first-order valence-corrected chi connectivity index (χ1v) is 1.94. The molecule has 0 aliphatic rings. The molecule has 0 spiro atoms. The van der Waals surface area contributed by atoms with E-state index in [2.05, 4.69) is 19.7 Å². The van der Waals surface area contributed by atoms with E-state index in [1.54, 1.807) is 6.08 Å². The molecule has 54 valence electrons. The maximum Gasteiger partial charge on any atom is 0.0308 e. The monoisotopic (exact) mass is 148 g/mol. The third-order valence-electron chi connectivity index (χ3n) is 0.659. The van der Waals surface area contributed by atoms with Crippen LogP contribution in [-0.4, -0.2) is 0 Å². The second-order valence-corrected chi connectivity index (χ2v) is 1.25. The van der Waals surface area contributed by atoms with Crippen LogP contribution in [0.1, 0.15) is 0 Å². The van der Waals surface area contributed by atoms with Crippen molar-refractivity contribution in [3.05, 3.63) is 37.1 Å². The molecule has 0 amide bonds. The molecule has 0 aromatic carbocycles. The molecule has 0 aliphatic heterocycles. The van der Waals surface area contributed by atoms with Crippen molar-refractivity contribution in [2.75, 3.05) is 0 Å². The molecule has 3 heteroatoms. The van der Waals surface area contributed by atoms with Gasteiger partial charge in [-0.15, -0.1) is 12.4 Å². The standard InChI is InChI=1S/C6H9N.ClH.H3N/c1-4-5(2)6(3)7;;/h4H,1-3,7H2;1H;1H3. The van der Waals surface area contributed by atoms with E-state index in [0.29, 0.717) is 11.3 Å². The summed E-state index contributed by atoms with van der Waals surface area (Å²) < 4.78 is 0. The van der Waals surface area contributed by atoms with Crippen molar-refractivity contribution in [1.29, 1.82) is 0 Å². The summed E-state index contributed by atoms with van der Waals surface area (Å²) in [5.41, 5.74) is 6.36. The maximum absolute atomic E-state index is 5.18. The lowest BCUT2D eigenvalue weighted by Gasteiger charge is -1.91. The van der Waals surface area contributed by atoms with Gasteiger partial charge in [-0.3, -0.25) is 0 Å². The van der Waals surface area contributed by atoms with E-state index in [1.165, 1.54) is 0 Å². The van der Waals surface area contributed by atoms with E-state index in [-0.39, 0.29) is 18.6 Å². The quantitative estimate of drug-likeness (QED) is 0.587. The van der Waals surface area contributed by atoms with Gasteiger partial charge in [0.2, 0.25) is 0 Å². The zero-order valence-electron chi connectivity index (χ0n) is 5.39. The van der Waals surface area contributed by atoms with Gasteiger partial charge in [0.1, 0.15) is 0 Å². The highest BCUT2D eigenvalue weighted by Crippen LogP contribution is 1.95. The molecule has 0 radical (unpaired) electrons. The summed E-state index contributed by atoms with van der Waals surface area (Å²) in [6.07, 6.45) is 1.57. The van der Waals surface area contributed by atoms with Crippen molar-refractivity contribution in [2.24, 2.45) is 5.73 Å². The van der Waals surface area contributed by atoms with Crippen LogP contribution in [-0.2, 0) is 0 Å². The summed E-state index contributed by atoms with van der Waals surface area (Å²) >= 11 is 0. The predicted molar refractivity (Wildman–Crippen MR) is 44.9 cm³/mol. The molecule has 0 heterocycles. The number of allylic oxidation sites excluding steroid dienone is 1. The fourth-order valence-corrected chi connectivity index (χ4v) is 0.131. The Balaban J connectivity index is -0.000000180.